The number of hydrogen-bond acceptors (Lipinski definition) is 6. The zero-order valence-corrected chi connectivity index (χ0v) is 15.6. The fourth-order valence-electron chi connectivity index (χ4n) is 2.91. The molecule has 1 aromatic heterocycles. The average molecular weight is 405 g/mol. The third-order valence-electron chi connectivity index (χ3n) is 4.02. The first-order chi connectivity index (χ1) is 12.0. The SMILES string of the molecule is CCOc1cc([C@@H]2C(C#N)=C(N)Oc3n[nH]c(C)c32)c(Br)cc1OC. The molecule has 0 aliphatic carbocycles. The molecule has 1 atom stereocenters. The highest BCUT2D eigenvalue weighted by molar-refractivity contribution is 9.10. The fraction of sp³-hybridized carbons (Fsp3) is 0.294. The van der Waals surface area contributed by atoms with Crippen molar-refractivity contribution in [1.82, 2.24) is 10.2 Å². The molecule has 0 radical (unpaired) electrons. The number of benzene rings is 1. The predicted molar refractivity (Wildman–Crippen MR) is 94.5 cm³/mol. The van der Waals surface area contributed by atoms with Crippen LogP contribution >= 0.6 is 15.9 Å². The van der Waals surface area contributed by atoms with E-state index in [1.54, 1.807) is 7.11 Å². The van der Waals surface area contributed by atoms with Crippen LogP contribution in [0.1, 0.15) is 29.7 Å². The molecule has 0 unspecified atom stereocenters. The summed E-state index contributed by atoms with van der Waals surface area (Å²) in [6, 6.07) is 5.83. The van der Waals surface area contributed by atoms with Crippen molar-refractivity contribution in [3.63, 3.8) is 0 Å². The van der Waals surface area contributed by atoms with E-state index in [0.717, 1.165) is 21.3 Å². The van der Waals surface area contributed by atoms with Crippen molar-refractivity contribution in [3.05, 3.63) is 44.9 Å². The highest BCUT2D eigenvalue weighted by atomic mass is 79.9. The number of nitriles is 1. The highest BCUT2D eigenvalue weighted by Crippen LogP contribution is 2.47. The van der Waals surface area contributed by atoms with Gasteiger partial charge in [0.15, 0.2) is 11.5 Å². The van der Waals surface area contributed by atoms with Crippen molar-refractivity contribution in [2.24, 2.45) is 5.73 Å². The second kappa shape index (κ2) is 6.69. The number of nitrogens with one attached hydrogen (secondary N) is 1. The fourth-order valence-corrected chi connectivity index (χ4v) is 3.46. The molecule has 130 valence electrons. The summed E-state index contributed by atoms with van der Waals surface area (Å²) in [6.45, 7) is 4.26. The first-order valence-electron chi connectivity index (χ1n) is 7.64. The summed E-state index contributed by atoms with van der Waals surface area (Å²) in [5.74, 6) is 1.19. The Morgan fingerprint density at radius 3 is 2.84 bits per heavy atom. The number of aryl methyl sites for hydroxylation is 1. The smallest absolute Gasteiger partial charge is 0.244 e. The van der Waals surface area contributed by atoms with E-state index in [9.17, 15) is 5.26 Å². The summed E-state index contributed by atoms with van der Waals surface area (Å²) in [5, 5.41) is 16.7. The summed E-state index contributed by atoms with van der Waals surface area (Å²) >= 11 is 3.57. The molecular formula is C17H17BrN4O3. The average Bonchev–Trinajstić information content (AvgIpc) is 2.95. The number of halogens is 1. The van der Waals surface area contributed by atoms with E-state index in [-0.39, 0.29) is 5.88 Å². The molecule has 0 saturated carbocycles. The van der Waals surface area contributed by atoms with Crippen LogP contribution in [0.2, 0.25) is 0 Å². The van der Waals surface area contributed by atoms with Crippen LogP contribution in [0.4, 0.5) is 0 Å². The molecule has 0 spiro atoms. The van der Waals surface area contributed by atoms with Crippen LogP contribution in [0.15, 0.2) is 28.1 Å². The number of aromatic amines is 1. The third kappa shape index (κ3) is 2.81. The lowest BCUT2D eigenvalue weighted by Gasteiger charge is -2.25. The Hall–Kier alpha value is -2.66. The Balaban J connectivity index is 2.25. The van der Waals surface area contributed by atoms with Gasteiger partial charge in [-0.1, -0.05) is 15.9 Å². The first kappa shape index (κ1) is 17.2. The minimum absolute atomic E-state index is 0.0483. The summed E-state index contributed by atoms with van der Waals surface area (Å²) < 4.78 is 17.3. The molecule has 0 saturated heterocycles. The largest absolute Gasteiger partial charge is 0.493 e. The van der Waals surface area contributed by atoms with Gasteiger partial charge >= 0.3 is 0 Å². The van der Waals surface area contributed by atoms with Gasteiger partial charge in [0.2, 0.25) is 11.8 Å². The molecule has 1 aromatic carbocycles. The quantitative estimate of drug-likeness (QED) is 0.810. The van der Waals surface area contributed by atoms with Gasteiger partial charge in [0.1, 0.15) is 11.6 Å². The van der Waals surface area contributed by atoms with Crippen LogP contribution < -0.4 is 19.9 Å². The maximum atomic E-state index is 9.64. The Morgan fingerprint density at radius 1 is 1.44 bits per heavy atom. The molecule has 7 nitrogen and oxygen atoms in total. The van der Waals surface area contributed by atoms with Gasteiger partial charge in [-0.3, -0.25) is 5.10 Å². The van der Waals surface area contributed by atoms with Crippen molar-refractivity contribution in [2.75, 3.05) is 13.7 Å². The lowest BCUT2D eigenvalue weighted by atomic mass is 9.84. The Morgan fingerprint density at radius 2 is 2.20 bits per heavy atom. The number of rotatable bonds is 4. The topological polar surface area (TPSA) is 106 Å². The molecule has 8 heteroatoms. The minimum atomic E-state index is -0.424. The van der Waals surface area contributed by atoms with Crippen molar-refractivity contribution in [3.8, 4) is 23.4 Å². The van der Waals surface area contributed by atoms with Crippen molar-refractivity contribution in [2.45, 2.75) is 19.8 Å². The van der Waals surface area contributed by atoms with E-state index < -0.39 is 5.92 Å². The van der Waals surface area contributed by atoms with Gasteiger partial charge in [-0.05, 0) is 31.5 Å². The second-order valence-corrected chi connectivity index (χ2v) is 6.30. The molecule has 3 N–H and O–H groups in total. The van der Waals surface area contributed by atoms with E-state index in [0.29, 0.717) is 29.6 Å². The number of H-pyrrole nitrogens is 1. The van der Waals surface area contributed by atoms with Gasteiger partial charge in [-0.2, -0.15) is 5.26 Å². The molecule has 0 amide bonds. The third-order valence-corrected chi connectivity index (χ3v) is 4.71. The van der Waals surface area contributed by atoms with E-state index in [4.69, 9.17) is 19.9 Å². The monoisotopic (exact) mass is 404 g/mol. The van der Waals surface area contributed by atoms with Gasteiger partial charge in [-0.25, -0.2) is 0 Å². The standard InChI is InChI=1S/C17H17BrN4O3/c1-4-24-13-5-9(11(18)6-12(13)23-3)15-10(7-19)16(20)25-17-14(15)8(2)21-22-17/h5-6,15H,4,20H2,1-3H3,(H,21,22)/t15-/m1/s1. The Kier molecular flexibility index (Phi) is 4.59. The zero-order valence-electron chi connectivity index (χ0n) is 14.0. The number of methoxy groups -OCH3 is 1. The number of nitrogens with two attached hydrogens (primary N) is 1. The van der Waals surface area contributed by atoms with E-state index >= 15 is 0 Å². The molecule has 0 fully saturated rings. The normalized spacial score (nSPS) is 16.0. The summed E-state index contributed by atoms with van der Waals surface area (Å²) in [5.41, 5.74) is 8.68. The second-order valence-electron chi connectivity index (χ2n) is 5.45. The van der Waals surface area contributed by atoms with Crippen LogP contribution in [-0.2, 0) is 0 Å². The molecule has 2 aromatic rings. The summed E-state index contributed by atoms with van der Waals surface area (Å²) in [4.78, 5) is 0. The van der Waals surface area contributed by atoms with E-state index in [2.05, 4.69) is 32.2 Å². The summed E-state index contributed by atoms with van der Waals surface area (Å²) in [6.07, 6.45) is 0. The van der Waals surface area contributed by atoms with Gasteiger partial charge in [0.25, 0.3) is 0 Å². The number of allylic oxidation sites excluding steroid dienone is 1. The highest BCUT2D eigenvalue weighted by Gasteiger charge is 2.35. The van der Waals surface area contributed by atoms with Crippen LogP contribution in [0, 0.1) is 18.3 Å². The molecule has 1 aliphatic heterocycles. The maximum absolute atomic E-state index is 9.64. The number of aromatic nitrogens is 2. The zero-order chi connectivity index (χ0) is 18.1. The molecule has 1 aliphatic rings. The van der Waals surface area contributed by atoms with E-state index in [1.807, 2.05) is 26.0 Å². The number of fused-ring (bicyclic) bond motifs is 1. The lowest BCUT2D eigenvalue weighted by molar-refractivity contribution is 0.310. The predicted octanol–water partition coefficient (Wildman–Crippen LogP) is 3.11. The molecule has 2 heterocycles. The van der Waals surface area contributed by atoms with Crippen LogP contribution in [0.3, 0.4) is 0 Å². The minimum Gasteiger partial charge on any atom is -0.493 e. The maximum Gasteiger partial charge on any atom is 0.244 e. The number of ether oxygens (including phenoxy) is 3. The van der Waals surface area contributed by atoms with Gasteiger partial charge in [0, 0.05) is 15.7 Å². The Labute approximate surface area is 153 Å². The molecule has 0 bridgehead atoms. The van der Waals surface area contributed by atoms with Crippen LogP contribution in [-0.4, -0.2) is 23.9 Å². The first-order valence-corrected chi connectivity index (χ1v) is 8.43. The van der Waals surface area contributed by atoms with Crippen molar-refractivity contribution < 1.29 is 14.2 Å². The molecular weight excluding hydrogens is 388 g/mol. The van der Waals surface area contributed by atoms with Gasteiger partial charge < -0.3 is 19.9 Å². The number of hydrogen-bond donors (Lipinski definition) is 2. The lowest BCUT2D eigenvalue weighted by Crippen LogP contribution is -2.21. The van der Waals surface area contributed by atoms with Gasteiger partial charge in [-0.15, -0.1) is 5.10 Å². The molecule has 3 rings (SSSR count). The van der Waals surface area contributed by atoms with E-state index in [1.165, 1.54) is 0 Å². The summed E-state index contributed by atoms with van der Waals surface area (Å²) in [7, 11) is 1.58. The van der Waals surface area contributed by atoms with Crippen LogP contribution in [0.25, 0.3) is 0 Å². The number of nitrogens with zero attached hydrogens (tertiary/aromatic N) is 2. The Bertz CT molecular complexity index is 898. The van der Waals surface area contributed by atoms with Crippen molar-refractivity contribution in [1.29, 1.82) is 5.26 Å². The van der Waals surface area contributed by atoms with Crippen molar-refractivity contribution >= 4 is 15.9 Å². The van der Waals surface area contributed by atoms with Gasteiger partial charge in [0.05, 0.1) is 19.6 Å². The van der Waals surface area contributed by atoms with Crippen LogP contribution in [0.5, 0.6) is 17.4 Å². The molecule has 25 heavy (non-hydrogen) atoms.